The van der Waals surface area contributed by atoms with Crippen LogP contribution in [-0.4, -0.2) is 15.8 Å². The van der Waals surface area contributed by atoms with Crippen LogP contribution in [0.4, 0.5) is 5.69 Å². The van der Waals surface area contributed by atoms with Crippen LogP contribution in [0, 0.1) is 16.0 Å². The molecule has 5 heteroatoms. The van der Waals surface area contributed by atoms with Crippen molar-refractivity contribution in [3.63, 3.8) is 0 Å². The molecule has 5 nitrogen and oxygen atoms in total. The minimum atomic E-state index is -0.849. The summed E-state index contributed by atoms with van der Waals surface area (Å²) in [5, 5.41) is 20.7. The van der Waals surface area contributed by atoms with E-state index in [0.29, 0.717) is 18.4 Å². The third-order valence-corrected chi connectivity index (χ3v) is 3.43. The maximum Gasteiger partial charge on any atom is 0.269 e. The van der Waals surface area contributed by atoms with Gasteiger partial charge in [0.05, 0.1) is 11.0 Å². The summed E-state index contributed by atoms with van der Waals surface area (Å²) in [5.41, 5.74) is 0.557. The van der Waals surface area contributed by atoms with Gasteiger partial charge in [-0.2, -0.15) is 0 Å². The predicted octanol–water partition coefficient (Wildman–Crippen LogP) is 2.39. The molecule has 1 N–H and O–H groups in total. The predicted molar refractivity (Wildman–Crippen MR) is 65.0 cm³/mol. The number of carbonyl (C=O) groups excluding carboxylic acids is 1. The molecule has 0 bridgehead atoms. The second kappa shape index (κ2) is 5.27. The first-order valence-corrected chi connectivity index (χ1v) is 6.04. The summed E-state index contributed by atoms with van der Waals surface area (Å²) in [6.45, 7) is 0. The third kappa shape index (κ3) is 2.56. The fraction of sp³-hybridized carbons (Fsp3) is 0.462. The van der Waals surface area contributed by atoms with E-state index in [1.165, 1.54) is 24.3 Å². The molecular formula is C13H15NO4. The van der Waals surface area contributed by atoms with Gasteiger partial charge in [0.25, 0.3) is 5.69 Å². The minimum absolute atomic E-state index is 0.0130. The third-order valence-electron chi connectivity index (χ3n) is 3.43. The Morgan fingerprint density at radius 2 is 1.94 bits per heavy atom. The number of non-ortho nitro benzene ring substituents is 1. The molecule has 2 atom stereocenters. The Hall–Kier alpha value is -1.75. The summed E-state index contributed by atoms with van der Waals surface area (Å²) in [6, 6.07) is 5.74. The molecule has 1 saturated carbocycles. The first-order valence-electron chi connectivity index (χ1n) is 6.04. The lowest BCUT2D eigenvalue weighted by Crippen LogP contribution is -2.25. The van der Waals surface area contributed by atoms with E-state index in [2.05, 4.69) is 0 Å². The summed E-state index contributed by atoms with van der Waals surface area (Å²) < 4.78 is 0. The van der Waals surface area contributed by atoms with Crippen molar-refractivity contribution >= 4 is 11.5 Å². The smallest absolute Gasteiger partial charge is 0.269 e. The van der Waals surface area contributed by atoms with Gasteiger partial charge in [-0.25, -0.2) is 0 Å². The second-order valence-corrected chi connectivity index (χ2v) is 4.61. The van der Waals surface area contributed by atoms with E-state index in [1.54, 1.807) is 0 Å². The van der Waals surface area contributed by atoms with Gasteiger partial charge in [0.15, 0.2) is 0 Å². The molecule has 1 fully saturated rings. The van der Waals surface area contributed by atoms with Crippen molar-refractivity contribution < 1.29 is 14.8 Å². The molecular weight excluding hydrogens is 234 g/mol. The molecule has 1 aromatic rings. The molecule has 1 aromatic carbocycles. The average molecular weight is 249 g/mol. The Morgan fingerprint density at radius 3 is 2.50 bits per heavy atom. The van der Waals surface area contributed by atoms with Gasteiger partial charge < -0.3 is 5.11 Å². The van der Waals surface area contributed by atoms with Crippen LogP contribution in [0.5, 0.6) is 0 Å². The zero-order valence-corrected chi connectivity index (χ0v) is 9.91. The van der Waals surface area contributed by atoms with Crippen LogP contribution >= 0.6 is 0 Å². The van der Waals surface area contributed by atoms with Crippen LogP contribution in [0.1, 0.15) is 37.4 Å². The monoisotopic (exact) mass is 249 g/mol. The summed E-state index contributed by atoms with van der Waals surface area (Å²) in [5.74, 6) is -0.271. The molecule has 1 aliphatic rings. The second-order valence-electron chi connectivity index (χ2n) is 4.61. The fourth-order valence-electron chi connectivity index (χ4n) is 2.37. The Balaban J connectivity index is 2.15. The van der Waals surface area contributed by atoms with Crippen molar-refractivity contribution in [2.75, 3.05) is 0 Å². The number of Topliss-reactive ketones (excluding diaryl/α,β-unsaturated/α-hetero) is 1. The lowest BCUT2D eigenvalue weighted by molar-refractivity contribution is -0.384. The summed E-state index contributed by atoms with van der Waals surface area (Å²) >= 11 is 0. The van der Waals surface area contributed by atoms with Crippen molar-refractivity contribution in [2.24, 2.45) is 5.92 Å². The Labute approximate surface area is 105 Å². The van der Waals surface area contributed by atoms with Crippen molar-refractivity contribution in [1.82, 2.24) is 0 Å². The van der Waals surface area contributed by atoms with Gasteiger partial charge in [-0.3, -0.25) is 14.9 Å². The molecule has 0 radical (unpaired) electrons. The summed E-state index contributed by atoms with van der Waals surface area (Å²) in [6.07, 6.45) is 2.20. The molecule has 0 saturated heterocycles. The van der Waals surface area contributed by atoms with Crippen LogP contribution in [0.25, 0.3) is 0 Å². The highest BCUT2D eigenvalue weighted by Crippen LogP contribution is 2.32. The molecule has 2 rings (SSSR count). The maximum absolute atomic E-state index is 11.7. The van der Waals surface area contributed by atoms with Crippen LogP contribution in [-0.2, 0) is 4.79 Å². The van der Waals surface area contributed by atoms with Crippen molar-refractivity contribution in [1.29, 1.82) is 0 Å². The van der Waals surface area contributed by atoms with Gasteiger partial charge in [0.1, 0.15) is 5.78 Å². The van der Waals surface area contributed by atoms with E-state index in [0.717, 1.165) is 12.8 Å². The number of carbonyl (C=O) groups is 1. The molecule has 0 aliphatic heterocycles. The summed E-state index contributed by atoms with van der Waals surface area (Å²) in [4.78, 5) is 21.8. The molecule has 0 aromatic heterocycles. The Morgan fingerprint density at radius 1 is 1.28 bits per heavy atom. The highest BCUT2D eigenvalue weighted by molar-refractivity contribution is 5.82. The minimum Gasteiger partial charge on any atom is -0.388 e. The van der Waals surface area contributed by atoms with Gasteiger partial charge >= 0.3 is 0 Å². The largest absolute Gasteiger partial charge is 0.388 e. The molecule has 0 spiro atoms. The Bertz CT molecular complexity index is 455. The van der Waals surface area contributed by atoms with E-state index in [-0.39, 0.29) is 17.4 Å². The first-order chi connectivity index (χ1) is 8.59. The van der Waals surface area contributed by atoms with E-state index in [1.807, 2.05) is 0 Å². The van der Waals surface area contributed by atoms with Crippen LogP contribution in [0.2, 0.25) is 0 Å². The van der Waals surface area contributed by atoms with Crippen LogP contribution in [0.15, 0.2) is 24.3 Å². The van der Waals surface area contributed by atoms with Crippen molar-refractivity contribution in [2.45, 2.75) is 31.8 Å². The zero-order valence-electron chi connectivity index (χ0n) is 9.91. The topological polar surface area (TPSA) is 80.4 Å². The van der Waals surface area contributed by atoms with Crippen LogP contribution in [0.3, 0.4) is 0 Å². The molecule has 96 valence electrons. The number of aliphatic hydroxyl groups is 1. The van der Waals surface area contributed by atoms with Crippen molar-refractivity contribution in [3.8, 4) is 0 Å². The standard InChI is InChI=1S/C13H15NO4/c15-12-4-2-1-3-11(12)13(16)9-5-7-10(8-6-9)14(17)18/h5-8,11,13,16H,1-4H2/t11-,13+/m0/s1. The number of nitro benzene ring substituents is 1. The van der Waals surface area contributed by atoms with E-state index < -0.39 is 11.0 Å². The molecule has 0 heterocycles. The lowest BCUT2D eigenvalue weighted by atomic mass is 9.82. The number of hydrogen-bond acceptors (Lipinski definition) is 4. The number of ketones is 1. The first kappa shape index (κ1) is 12.7. The van der Waals surface area contributed by atoms with Gasteiger partial charge in [-0.05, 0) is 30.5 Å². The van der Waals surface area contributed by atoms with E-state index >= 15 is 0 Å². The molecule has 0 unspecified atom stereocenters. The fourth-order valence-corrected chi connectivity index (χ4v) is 2.37. The lowest BCUT2D eigenvalue weighted by Gasteiger charge is -2.25. The Kier molecular flexibility index (Phi) is 3.72. The summed E-state index contributed by atoms with van der Waals surface area (Å²) in [7, 11) is 0. The quantitative estimate of drug-likeness (QED) is 0.658. The highest BCUT2D eigenvalue weighted by atomic mass is 16.6. The average Bonchev–Trinajstić information content (AvgIpc) is 2.38. The maximum atomic E-state index is 11.7. The van der Waals surface area contributed by atoms with Gasteiger partial charge in [0.2, 0.25) is 0 Å². The SMILES string of the molecule is O=C1CCCC[C@@H]1[C@H](O)c1ccc([N+](=O)[O-])cc1. The van der Waals surface area contributed by atoms with E-state index in [4.69, 9.17) is 0 Å². The number of nitro groups is 1. The number of benzene rings is 1. The van der Waals surface area contributed by atoms with Gasteiger partial charge in [-0.15, -0.1) is 0 Å². The van der Waals surface area contributed by atoms with E-state index in [9.17, 15) is 20.0 Å². The number of nitrogens with zero attached hydrogens (tertiary/aromatic N) is 1. The van der Waals surface area contributed by atoms with Gasteiger partial charge in [-0.1, -0.05) is 6.42 Å². The number of aliphatic hydroxyl groups excluding tert-OH is 1. The van der Waals surface area contributed by atoms with Gasteiger partial charge in [0, 0.05) is 24.5 Å². The number of hydrogen-bond donors (Lipinski definition) is 1. The van der Waals surface area contributed by atoms with Crippen molar-refractivity contribution in [3.05, 3.63) is 39.9 Å². The number of rotatable bonds is 3. The van der Waals surface area contributed by atoms with Crippen LogP contribution < -0.4 is 0 Å². The molecule has 0 amide bonds. The normalized spacial score (nSPS) is 21.6. The molecule has 1 aliphatic carbocycles. The highest BCUT2D eigenvalue weighted by Gasteiger charge is 2.30. The molecule has 18 heavy (non-hydrogen) atoms. The zero-order chi connectivity index (χ0) is 13.1.